The molecule has 32 heavy (non-hydrogen) atoms. The van der Waals surface area contributed by atoms with Crippen LogP contribution >= 0.6 is 11.6 Å². The van der Waals surface area contributed by atoms with E-state index in [-0.39, 0.29) is 11.3 Å². The van der Waals surface area contributed by atoms with Crippen LogP contribution in [0.5, 0.6) is 5.75 Å². The molecule has 162 valence electrons. The van der Waals surface area contributed by atoms with Gasteiger partial charge in [0.25, 0.3) is 11.7 Å². The fourth-order valence-corrected chi connectivity index (χ4v) is 4.36. The van der Waals surface area contributed by atoms with Crippen molar-refractivity contribution in [2.45, 2.75) is 19.9 Å². The lowest BCUT2D eigenvalue weighted by Crippen LogP contribution is -2.29. The summed E-state index contributed by atoms with van der Waals surface area (Å²) in [5.74, 6) is -1.26. The van der Waals surface area contributed by atoms with Crippen LogP contribution in [0.15, 0.2) is 72.3 Å². The summed E-state index contributed by atoms with van der Waals surface area (Å²) in [6.45, 7) is 3.86. The summed E-state index contributed by atoms with van der Waals surface area (Å²) >= 11 is 6.11. The molecule has 6 heteroatoms. The number of halogens is 1. The van der Waals surface area contributed by atoms with Gasteiger partial charge in [-0.25, -0.2) is 0 Å². The van der Waals surface area contributed by atoms with Gasteiger partial charge >= 0.3 is 0 Å². The van der Waals surface area contributed by atoms with E-state index in [2.05, 4.69) is 0 Å². The zero-order valence-electron chi connectivity index (χ0n) is 17.9. The quantitative estimate of drug-likeness (QED) is 0.321. The van der Waals surface area contributed by atoms with E-state index in [1.165, 1.54) is 12.0 Å². The SMILES string of the molecule is COc1ccccc1C1/C(=C(\O)c2cccc(Cl)c2)C(=O)C(=O)N1c1cc(C)cc(C)c1. The topological polar surface area (TPSA) is 66.8 Å². The number of benzene rings is 3. The standard InChI is InChI=1S/C26H22ClNO4/c1-15-11-16(2)13-19(12-15)28-23(20-9-4-5-10-21(20)32-3)22(25(30)26(28)31)24(29)17-7-6-8-18(27)14-17/h4-14,23,29H,1-3H3/b24-22+. The van der Waals surface area contributed by atoms with Crippen LogP contribution in [0.3, 0.4) is 0 Å². The number of Topliss-reactive ketones (excluding diaryl/α,β-unsaturated/α-hetero) is 1. The molecule has 1 fully saturated rings. The minimum absolute atomic E-state index is 0.0130. The van der Waals surface area contributed by atoms with Crippen molar-refractivity contribution in [1.29, 1.82) is 0 Å². The predicted octanol–water partition coefficient (Wildman–Crippen LogP) is 5.59. The first-order valence-corrected chi connectivity index (χ1v) is 10.5. The first-order chi connectivity index (χ1) is 15.3. The average Bonchev–Trinajstić information content (AvgIpc) is 3.03. The minimum atomic E-state index is -0.869. The highest BCUT2D eigenvalue weighted by Crippen LogP contribution is 2.45. The van der Waals surface area contributed by atoms with E-state index in [0.29, 0.717) is 27.6 Å². The second-order valence-electron chi connectivity index (χ2n) is 7.77. The number of ketones is 1. The van der Waals surface area contributed by atoms with Gasteiger partial charge in [0, 0.05) is 21.8 Å². The maximum absolute atomic E-state index is 13.3. The number of aliphatic hydroxyl groups is 1. The number of carbonyl (C=O) groups excluding carboxylic acids is 2. The predicted molar refractivity (Wildman–Crippen MR) is 125 cm³/mol. The van der Waals surface area contributed by atoms with Gasteiger partial charge in [-0.15, -0.1) is 0 Å². The number of anilines is 1. The third kappa shape index (κ3) is 3.76. The number of amides is 1. The normalized spacial score (nSPS) is 17.6. The largest absolute Gasteiger partial charge is 0.507 e. The van der Waals surface area contributed by atoms with Crippen molar-refractivity contribution in [3.63, 3.8) is 0 Å². The van der Waals surface area contributed by atoms with Crippen LogP contribution in [0.1, 0.15) is 28.3 Å². The van der Waals surface area contributed by atoms with Crippen molar-refractivity contribution in [3.8, 4) is 5.75 Å². The molecular formula is C26H22ClNO4. The number of ether oxygens (including phenoxy) is 1. The Balaban J connectivity index is 2.02. The third-order valence-corrected chi connectivity index (χ3v) is 5.70. The maximum Gasteiger partial charge on any atom is 0.300 e. The zero-order chi connectivity index (χ0) is 23.0. The number of hydrogen-bond acceptors (Lipinski definition) is 4. The van der Waals surface area contributed by atoms with Crippen LogP contribution in [0, 0.1) is 13.8 Å². The summed E-state index contributed by atoms with van der Waals surface area (Å²) in [5, 5.41) is 11.6. The Kier molecular flexibility index (Phi) is 5.76. The van der Waals surface area contributed by atoms with Crippen LogP contribution in [0.25, 0.3) is 5.76 Å². The molecule has 0 radical (unpaired) electrons. The molecule has 3 aromatic carbocycles. The maximum atomic E-state index is 13.3. The number of carbonyl (C=O) groups is 2. The molecule has 4 rings (SSSR count). The van der Waals surface area contributed by atoms with Crippen LogP contribution in [0.2, 0.25) is 5.02 Å². The fraction of sp³-hybridized carbons (Fsp3) is 0.154. The van der Waals surface area contributed by atoms with Gasteiger partial charge in [0.1, 0.15) is 11.5 Å². The Hall–Kier alpha value is -3.57. The van der Waals surface area contributed by atoms with Gasteiger partial charge in [0.2, 0.25) is 0 Å². The van der Waals surface area contributed by atoms with Gasteiger partial charge in [-0.2, -0.15) is 0 Å². The molecule has 1 aliphatic rings. The molecule has 0 saturated carbocycles. The second-order valence-corrected chi connectivity index (χ2v) is 8.20. The van der Waals surface area contributed by atoms with Crippen molar-refractivity contribution >= 4 is 34.7 Å². The van der Waals surface area contributed by atoms with Gasteiger partial charge in [0.15, 0.2) is 0 Å². The summed E-state index contributed by atoms with van der Waals surface area (Å²) in [6.07, 6.45) is 0. The Bertz CT molecular complexity index is 1240. The van der Waals surface area contributed by atoms with Gasteiger partial charge in [-0.3, -0.25) is 14.5 Å². The smallest absolute Gasteiger partial charge is 0.300 e. The molecule has 1 aliphatic heterocycles. The van der Waals surface area contributed by atoms with E-state index in [1.54, 1.807) is 42.5 Å². The number of aliphatic hydroxyl groups excluding tert-OH is 1. The molecule has 5 nitrogen and oxygen atoms in total. The molecule has 1 unspecified atom stereocenters. The molecule has 1 N–H and O–H groups in total. The van der Waals surface area contributed by atoms with E-state index in [1.807, 2.05) is 38.1 Å². The first kappa shape index (κ1) is 21.7. The monoisotopic (exact) mass is 447 g/mol. The van der Waals surface area contributed by atoms with E-state index in [4.69, 9.17) is 16.3 Å². The second kappa shape index (κ2) is 8.52. The lowest BCUT2D eigenvalue weighted by molar-refractivity contribution is -0.132. The van der Waals surface area contributed by atoms with Crippen molar-refractivity contribution in [1.82, 2.24) is 0 Å². The van der Waals surface area contributed by atoms with Crippen LogP contribution in [-0.2, 0) is 9.59 Å². The molecule has 0 aromatic heterocycles. The highest BCUT2D eigenvalue weighted by molar-refractivity contribution is 6.51. The van der Waals surface area contributed by atoms with E-state index >= 15 is 0 Å². The van der Waals surface area contributed by atoms with Crippen LogP contribution < -0.4 is 9.64 Å². The van der Waals surface area contributed by atoms with Gasteiger partial charge < -0.3 is 9.84 Å². The highest BCUT2D eigenvalue weighted by atomic mass is 35.5. The molecule has 0 aliphatic carbocycles. The Morgan fingerprint density at radius 2 is 1.66 bits per heavy atom. The molecule has 1 heterocycles. The number of hydrogen-bond donors (Lipinski definition) is 1. The fourth-order valence-electron chi connectivity index (χ4n) is 4.17. The Labute approximate surface area is 191 Å². The van der Waals surface area contributed by atoms with Crippen molar-refractivity contribution in [2.24, 2.45) is 0 Å². The van der Waals surface area contributed by atoms with E-state index in [9.17, 15) is 14.7 Å². The molecule has 0 spiro atoms. The van der Waals surface area contributed by atoms with Crippen molar-refractivity contribution in [2.75, 3.05) is 12.0 Å². The molecule has 1 atom stereocenters. The van der Waals surface area contributed by atoms with E-state index in [0.717, 1.165) is 11.1 Å². The number of rotatable bonds is 4. The third-order valence-electron chi connectivity index (χ3n) is 5.46. The lowest BCUT2D eigenvalue weighted by Gasteiger charge is -2.27. The number of methoxy groups -OCH3 is 1. The Morgan fingerprint density at radius 1 is 0.969 bits per heavy atom. The van der Waals surface area contributed by atoms with Gasteiger partial charge in [0.05, 0.1) is 18.7 Å². The number of nitrogens with zero attached hydrogens (tertiary/aromatic N) is 1. The van der Waals surface area contributed by atoms with Crippen molar-refractivity contribution < 1.29 is 19.4 Å². The minimum Gasteiger partial charge on any atom is -0.507 e. The lowest BCUT2D eigenvalue weighted by atomic mass is 9.94. The summed E-state index contributed by atoms with van der Waals surface area (Å²) in [7, 11) is 1.53. The number of aryl methyl sites for hydroxylation is 2. The number of para-hydroxylation sites is 1. The first-order valence-electron chi connectivity index (χ1n) is 10.1. The average molecular weight is 448 g/mol. The molecule has 1 saturated heterocycles. The van der Waals surface area contributed by atoms with Crippen LogP contribution in [-0.4, -0.2) is 23.9 Å². The zero-order valence-corrected chi connectivity index (χ0v) is 18.7. The van der Waals surface area contributed by atoms with Crippen molar-refractivity contribution in [3.05, 3.63) is 99.6 Å². The summed E-state index contributed by atoms with van der Waals surface area (Å²) in [5.41, 5.74) is 3.42. The summed E-state index contributed by atoms with van der Waals surface area (Å²) < 4.78 is 5.54. The Morgan fingerprint density at radius 3 is 2.31 bits per heavy atom. The highest BCUT2D eigenvalue weighted by Gasteiger charge is 2.48. The summed E-state index contributed by atoms with van der Waals surface area (Å²) in [4.78, 5) is 28.0. The summed E-state index contributed by atoms with van der Waals surface area (Å²) in [6, 6.07) is 18.5. The van der Waals surface area contributed by atoms with Gasteiger partial charge in [-0.05, 0) is 55.3 Å². The van der Waals surface area contributed by atoms with Gasteiger partial charge in [-0.1, -0.05) is 48.0 Å². The molecule has 3 aromatic rings. The molecule has 0 bridgehead atoms. The van der Waals surface area contributed by atoms with E-state index < -0.39 is 17.7 Å². The molecule has 1 amide bonds. The van der Waals surface area contributed by atoms with Crippen LogP contribution in [0.4, 0.5) is 5.69 Å². The molecular weight excluding hydrogens is 426 g/mol.